The maximum Gasteiger partial charge on any atom is 0.234 e. The predicted octanol–water partition coefficient (Wildman–Crippen LogP) is 4.70. The molecule has 144 valence electrons. The quantitative estimate of drug-likeness (QED) is 0.613. The molecule has 0 saturated heterocycles. The van der Waals surface area contributed by atoms with Crippen molar-refractivity contribution in [2.45, 2.75) is 19.9 Å². The monoisotopic (exact) mass is 392 g/mol. The Balaban J connectivity index is 1.48. The minimum atomic E-state index is -0.106. The molecule has 0 aliphatic heterocycles. The van der Waals surface area contributed by atoms with Crippen molar-refractivity contribution in [1.82, 2.24) is 5.32 Å². The second-order valence-electron chi connectivity index (χ2n) is 6.77. The van der Waals surface area contributed by atoms with Gasteiger partial charge >= 0.3 is 0 Å². The van der Waals surface area contributed by atoms with Gasteiger partial charge in [0.25, 0.3) is 0 Å². The lowest BCUT2D eigenvalue weighted by Gasteiger charge is -2.16. The molecule has 0 heterocycles. The lowest BCUT2D eigenvalue weighted by Crippen LogP contribution is -2.29. The van der Waals surface area contributed by atoms with Crippen molar-refractivity contribution < 1.29 is 9.59 Å². The molecule has 0 spiro atoms. The zero-order valence-corrected chi connectivity index (χ0v) is 16.9. The Kier molecular flexibility index (Phi) is 6.71. The fourth-order valence-corrected chi connectivity index (χ4v) is 3.77. The number of carbonyl (C=O) groups is 2. The Bertz CT molecular complexity index is 982. The summed E-state index contributed by atoms with van der Waals surface area (Å²) in [6.45, 7) is 3.96. The smallest absolute Gasteiger partial charge is 0.234 e. The molecule has 5 heteroatoms. The van der Waals surface area contributed by atoms with E-state index in [0.29, 0.717) is 0 Å². The first-order chi connectivity index (χ1) is 13.5. The number of anilines is 1. The van der Waals surface area contributed by atoms with E-state index in [0.717, 1.165) is 27.6 Å². The van der Waals surface area contributed by atoms with E-state index < -0.39 is 0 Å². The number of fused-ring (bicyclic) bond motifs is 1. The first-order valence-electron chi connectivity index (χ1n) is 9.24. The van der Waals surface area contributed by atoms with Crippen molar-refractivity contribution in [3.63, 3.8) is 0 Å². The molecule has 0 bridgehead atoms. The average Bonchev–Trinajstić information content (AvgIpc) is 2.67. The zero-order valence-electron chi connectivity index (χ0n) is 16.1. The topological polar surface area (TPSA) is 58.2 Å². The number of hydrogen-bond donors (Lipinski definition) is 2. The average molecular weight is 393 g/mol. The highest BCUT2D eigenvalue weighted by Gasteiger charge is 2.13. The molecule has 2 N–H and O–H groups in total. The van der Waals surface area contributed by atoms with Crippen LogP contribution in [-0.4, -0.2) is 23.3 Å². The third-order valence-electron chi connectivity index (χ3n) is 4.44. The number of carbonyl (C=O) groups excluding carboxylic acids is 2. The van der Waals surface area contributed by atoms with Gasteiger partial charge < -0.3 is 10.6 Å². The van der Waals surface area contributed by atoms with Crippen LogP contribution in [0.5, 0.6) is 0 Å². The van der Waals surface area contributed by atoms with Crippen LogP contribution in [0.4, 0.5) is 5.69 Å². The first-order valence-corrected chi connectivity index (χ1v) is 10.4. The molecule has 0 fully saturated rings. The summed E-state index contributed by atoms with van der Waals surface area (Å²) in [4.78, 5) is 24.3. The van der Waals surface area contributed by atoms with E-state index in [-0.39, 0.29) is 29.4 Å². The summed E-state index contributed by atoms with van der Waals surface area (Å²) in [7, 11) is 0. The third kappa shape index (κ3) is 5.36. The largest absolute Gasteiger partial charge is 0.349 e. The fraction of sp³-hybridized carbons (Fsp3) is 0.217. The highest BCUT2D eigenvalue weighted by Crippen LogP contribution is 2.24. The van der Waals surface area contributed by atoms with E-state index in [2.05, 4.69) is 28.8 Å². The van der Waals surface area contributed by atoms with Crippen molar-refractivity contribution >= 4 is 40.0 Å². The van der Waals surface area contributed by atoms with Gasteiger partial charge in [0.05, 0.1) is 17.5 Å². The van der Waals surface area contributed by atoms with Crippen LogP contribution in [0.1, 0.15) is 24.1 Å². The van der Waals surface area contributed by atoms with Gasteiger partial charge in [-0.25, -0.2) is 0 Å². The molecule has 0 aromatic heterocycles. The number of nitrogens with one attached hydrogen (secondary N) is 2. The van der Waals surface area contributed by atoms with Crippen LogP contribution in [0.15, 0.2) is 66.7 Å². The van der Waals surface area contributed by atoms with E-state index in [1.165, 1.54) is 11.8 Å². The van der Waals surface area contributed by atoms with Crippen molar-refractivity contribution in [2.75, 3.05) is 16.8 Å². The van der Waals surface area contributed by atoms with Crippen molar-refractivity contribution in [3.8, 4) is 0 Å². The maximum atomic E-state index is 12.3. The Labute approximate surface area is 169 Å². The lowest BCUT2D eigenvalue weighted by molar-refractivity contribution is -0.119. The van der Waals surface area contributed by atoms with E-state index in [9.17, 15) is 9.59 Å². The Hall–Kier alpha value is -2.79. The number of benzene rings is 3. The highest BCUT2D eigenvalue weighted by molar-refractivity contribution is 8.00. The predicted molar refractivity (Wildman–Crippen MR) is 118 cm³/mol. The normalized spacial score (nSPS) is 11.8. The van der Waals surface area contributed by atoms with Gasteiger partial charge in [0.2, 0.25) is 11.8 Å². The molecule has 0 radical (unpaired) electrons. The molecule has 1 atom stereocenters. The Morgan fingerprint density at radius 1 is 0.929 bits per heavy atom. The van der Waals surface area contributed by atoms with Gasteiger partial charge in [0, 0.05) is 5.69 Å². The van der Waals surface area contributed by atoms with Gasteiger partial charge in [-0.05, 0) is 47.9 Å². The van der Waals surface area contributed by atoms with Crippen molar-refractivity contribution in [3.05, 3.63) is 77.9 Å². The third-order valence-corrected chi connectivity index (χ3v) is 5.37. The molecular weight excluding hydrogens is 368 g/mol. The summed E-state index contributed by atoms with van der Waals surface area (Å²) in [6, 6.07) is 21.8. The van der Waals surface area contributed by atoms with Crippen LogP contribution in [0.3, 0.4) is 0 Å². The van der Waals surface area contributed by atoms with Crippen LogP contribution in [0, 0.1) is 6.92 Å². The van der Waals surface area contributed by atoms with Crippen molar-refractivity contribution in [2.24, 2.45) is 0 Å². The molecule has 4 nitrogen and oxygen atoms in total. The summed E-state index contributed by atoms with van der Waals surface area (Å²) in [5.41, 5.74) is 2.96. The molecule has 0 aliphatic rings. The van der Waals surface area contributed by atoms with Crippen molar-refractivity contribution in [1.29, 1.82) is 0 Å². The molecular formula is C23H24N2O2S. The lowest BCUT2D eigenvalue weighted by atomic mass is 10.00. The number of hydrogen-bond acceptors (Lipinski definition) is 3. The summed E-state index contributed by atoms with van der Waals surface area (Å²) in [5.74, 6) is 0.305. The maximum absolute atomic E-state index is 12.3. The molecule has 1 unspecified atom stereocenters. The minimum absolute atomic E-state index is 0.0752. The summed E-state index contributed by atoms with van der Waals surface area (Å²) in [6.07, 6.45) is 0. The zero-order chi connectivity index (χ0) is 19.9. The molecule has 3 rings (SSSR count). The van der Waals surface area contributed by atoms with E-state index in [1.807, 2.05) is 62.4 Å². The SMILES string of the molecule is Cc1cccc(NC(=O)CSCC(=O)NC(C)c2cccc3ccccc23)c1. The summed E-state index contributed by atoms with van der Waals surface area (Å²) >= 11 is 1.31. The van der Waals surface area contributed by atoms with Crippen LogP contribution in [0.25, 0.3) is 10.8 Å². The molecule has 28 heavy (non-hydrogen) atoms. The number of thioether (sulfide) groups is 1. The van der Waals surface area contributed by atoms with Gasteiger partial charge in [-0.3, -0.25) is 9.59 Å². The standard InChI is InChI=1S/C23H24N2O2S/c1-16-7-5-10-19(13-16)25-23(27)15-28-14-22(26)24-17(2)20-12-6-9-18-8-3-4-11-21(18)20/h3-13,17H,14-15H2,1-2H3,(H,24,26)(H,25,27). The van der Waals surface area contributed by atoms with Crippen LogP contribution in [0.2, 0.25) is 0 Å². The van der Waals surface area contributed by atoms with E-state index >= 15 is 0 Å². The molecule has 3 aromatic rings. The molecule has 3 aromatic carbocycles. The van der Waals surface area contributed by atoms with Crippen LogP contribution < -0.4 is 10.6 Å². The van der Waals surface area contributed by atoms with Crippen LogP contribution >= 0.6 is 11.8 Å². The number of amides is 2. The Morgan fingerprint density at radius 2 is 1.64 bits per heavy atom. The summed E-state index contributed by atoms with van der Waals surface area (Å²) in [5, 5.41) is 8.18. The van der Waals surface area contributed by atoms with E-state index in [4.69, 9.17) is 0 Å². The van der Waals surface area contributed by atoms with Gasteiger partial charge in [-0.1, -0.05) is 54.6 Å². The highest BCUT2D eigenvalue weighted by atomic mass is 32.2. The van der Waals surface area contributed by atoms with Gasteiger partial charge in [0.1, 0.15) is 0 Å². The molecule has 0 saturated carbocycles. The minimum Gasteiger partial charge on any atom is -0.349 e. The van der Waals surface area contributed by atoms with Gasteiger partial charge in [0.15, 0.2) is 0 Å². The first kappa shape index (κ1) is 20.0. The van der Waals surface area contributed by atoms with Gasteiger partial charge in [-0.15, -0.1) is 11.8 Å². The molecule has 2 amide bonds. The number of aryl methyl sites for hydroxylation is 1. The fourth-order valence-electron chi connectivity index (χ4n) is 3.15. The summed E-state index contributed by atoms with van der Waals surface area (Å²) < 4.78 is 0. The van der Waals surface area contributed by atoms with Gasteiger partial charge in [-0.2, -0.15) is 0 Å². The molecule has 0 aliphatic carbocycles. The second-order valence-corrected chi connectivity index (χ2v) is 7.75. The second kappa shape index (κ2) is 9.42. The van der Waals surface area contributed by atoms with Crippen LogP contribution in [-0.2, 0) is 9.59 Å². The number of rotatable bonds is 7. The van der Waals surface area contributed by atoms with E-state index in [1.54, 1.807) is 0 Å². The Morgan fingerprint density at radius 3 is 2.46 bits per heavy atom.